The molecular weight excluding hydrogens is 298 g/mol. The molecule has 3 heteroatoms. The Balaban J connectivity index is 1.67. The Bertz CT molecular complexity index is 711. The molecule has 0 unspecified atom stereocenters. The SMILES string of the molecule is CCC1(COc2ccc3cc(OC)ccc3c2)CN(C(C)(C)C)C1. The molecule has 1 saturated heterocycles. The van der Waals surface area contributed by atoms with Gasteiger partial charge in [-0.1, -0.05) is 19.1 Å². The molecule has 3 rings (SSSR count). The van der Waals surface area contributed by atoms with Crippen LogP contribution >= 0.6 is 0 Å². The minimum absolute atomic E-state index is 0.251. The van der Waals surface area contributed by atoms with Crippen molar-refractivity contribution in [1.29, 1.82) is 0 Å². The van der Waals surface area contributed by atoms with E-state index < -0.39 is 0 Å². The summed E-state index contributed by atoms with van der Waals surface area (Å²) in [5.41, 5.74) is 0.544. The lowest BCUT2D eigenvalue weighted by atomic mass is 9.75. The van der Waals surface area contributed by atoms with Crippen LogP contribution in [0.2, 0.25) is 0 Å². The lowest BCUT2D eigenvalue weighted by Crippen LogP contribution is -2.64. The molecule has 0 aromatic heterocycles. The van der Waals surface area contributed by atoms with E-state index in [0.29, 0.717) is 5.41 Å². The number of hydrogen-bond acceptors (Lipinski definition) is 3. The van der Waals surface area contributed by atoms with Crippen LogP contribution in [0.5, 0.6) is 11.5 Å². The highest BCUT2D eigenvalue weighted by Gasteiger charge is 2.46. The molecule has 0 bridgehead atoms. The van der Waals surface area contributed by atoms with Crippen molar-refractivity contribution >= 4 is 10.8 Å². The summed E-state index contributed by atoms with van der Waals surface area (Å²) in [5.74, 6) is 1.84. The average Bonchev–Trinajstić information content (AvgIpc) is 2.52. The summed E-state index contributed by atoms with van der Waals surface area (Å²) in [6.45, 7) is 12.2. The predicted molar refractivity (Wildman–Crippen MR) is 100 cm³/mol. The van der Waals surface area contributed by atoms with Gasteiger partial charge in [-0.3, -0.25) is 4.90 Å². The first kappa shape index (κ1) is 17.1. The zero-order valence-electron chi connectivity index (χ0n) is 15.6. The Morgan fingerprint density at radius 3 is 2.12 bits per heavy atom. The van der Waals surface area contributed by atoms with Gasteiger partial charge in [-0.05, 0) is 62.2 Å². The molecule has 0 N–H and O–H groups in total. The third kappa shape index (κ3) is 3.36. The molecule has 1 aliphatic heterocycles. The lowest BCUT2D eigenvalue weighted by molar-refractivity contribution is -0.0829. The Labute approximate surface area is 145 Å². The molecule has 2 aromatic carbocycles. The molecular formula is C21H29NO2. The Morgan fingerprint density at radius 2 is 1.58 bits per heavy atom. The molecule has 0 radical (unpaired) electrons. The number of nitrogens with zero attached hydrogens (tertiary/aromatic N) is 1. The van der Waals surface area contributed by atoms with Gasteiger partial charge in [-0.25, -0.2) is 0 Å². The van der Waals surface area contributed by atoms with E-state index in [1.807, 2.05) is 6.07 Å². The van der Waals surface area contributed by atoms with E-state index in [1.54, 1.807) is 7.11 Å². The minimum Gasteiger partial charge on any atom is -0.497 e. The predicted octanol–water partition coefficient (Wildman–Crippen LogP) is 4.74. The minimum atomic E-state index is 0.251. The molecule has 0 atom stereocenters. The van der Waals surface area contributed by atoms with Crippen molar-refractivity contribution in [2.75, 3.05) is 26.8 Å². The highest BCUT2D eigenvalue weighted by Crippen LogP contribution is 2.39. The Morgan fingerprint density at radius 1 is 1.00 bits per heavy atom. The molecule has 130 valence electrons. The Hall–Kier alpha value is -1.74. The maximum absolute atomic E-state index is 6.17. The Kier molecular flexibility index (Phi) is 4.48. The maximum Gasteiger partial charge on any atom is 0.119 e. The van der Waals surface area contributed by atoms with Gasteiger partial charge in [0.2, 0.25) is 0 Å². The molecule has 1 heterocycles. The number of ether oxygens (including phenoxy) is 2. The van der Waals surface area contributed by atoms with E-state index in [1.165, 1.54) is 10.8 Å². The van der Waals surface area contributed by atoms with E-state index >= 15 is 0 Å². The van der Waals surface area contributed by atoms with Crippen LogP contribution in [-0.4, -0.2) is 37.2 Å². The zero-order valence-corrected chi connectivity index (χ0v) is 15.6. The van der Waals surface area contributed by atoms with E-state index in [-0.39, 0.29) is 5.54 Å². The van der Waals surface area contributed by atoms with Gasteiger partial charge in [0.15, 0.2) is 0 Å². The zero-order chi connectivity index (χ0) is 17.4. The second-order valence-electron chi connectivity index (χ2n) is 8.04. The van der Waals surface area contributed by atoms with Gasteiger partial charge in [0, 0.05) is 24.0 Å². The van der Waals surface area contributed by atoms with Crippen molar-refractivity contribution < 1.29 is 9.47 Å². The van der Waals surface area contributed by atoms with Gasteiger partial charge in [-0.2, -0.15) is 0 Å². The smallest absolute Gasteiger partial charge is 0.119 e. The molecule has 0 aliphatic carbocycles. The molecule has 3 nitrogen and oxygen atoms in total. The summed E-state index contributed by atoms with van der Waals surface area (Å²) in [4.78, 5) is 2.53. The van der Waals surface area contributed by atoms with E-state index in [9.17, 15) is 0 Å². The molecule has 2 aromatic rings. The van der Waals surface area contributed by atoms with Crippen LogP contribution in [0.25, 0.3) is 10.8 Å². The van der Waals surface area contributed by atoms with Crippen LogP contribution in [0.1, 0.15) is 34.1 Å². The summed E-state index contributed by atoms with van der Waals surface area (Å²) in [7, 11) is 1.70. The number of methoxy groups -OCH3 is 1. The topological polar surface area (TPSA) is 21.7 Å². The number of fused-ring (bicyclic) bond motifs is 1. The summed E-state index contributed by atoms with van der Waals surface area (Å²) in [5, 5.41) is 2.36. The quantitative estimate of drug-likeness (QED) is 0.792. The van der Waals surface area contributed by atoms with Crippen molar-refractivity contribution in [2.45, 2.75) is 39.7 Å². The first-order chi connectivity index (χ1) is 11.3. The summed E-state index contributed by atoms with van der Waals surface area (Å²) >= 11 is 0. The highest BCUT2D eigenvalue weighted by molar-refractivity contribution is 5.85. The fourth-order valence-electron chi connectivity index (χ4n) is 3.31. The van der Waals surface area contributed by atoms with Crippen LogP contribution in [0, 0.1) is 5.41 Å². The van der Waals surface area contributed by atoms with E-state index in [2.05, 4.69) is 62.9 Å². The third-order valence-electron chi connectivity index (χ3n) is 5.32. The van der Waals surface area contributed by atoms with Crippen molar-refractivity contribution in [2.24, 2.45) is 5.41 Å². The maximum atomic E-state index is 6.17. The summed E-state index contributed by atoms with van der Waals surface area (Å²) in [6, 6.07) is 12.4. The fraction of sp³-hybridized carbons (Fsp3) is 0.524. The van der Waals surface area contributed by atoms with Crippen molar-refractivity contribution in [1.82, 2.24) is 4.90 Å². The monoisotopic (exact) mass is 327 g/mol. The number of hydrogen-bond donors (Lipinski definition) is 0. The summed E-state index contributed by atoms with van der Waals surface area (Å²) in [6.07, 6.45) is 1.16. The average molecular weight is 327 g/mol. The first-order valence-corrected chi connectivity index (χ1v) is 8.81. The van der Waals surface area contributed by atoms with Crippen LogP contribution in [-0.2, 0) is 0 Å². The molecule has 1 aliphatic rings. The van der Waals surface area contributed by atoms with Crippen molar-refractivity contribution in [3.63, 3.8) is 0 Å². The second-order valence-corrected chi connectivity index (χ2v) is 8.04. The number of likely N-dealkylation sites (tertiary alicyclic amines) is 1. The van der Waals surface area contributed by atoms with Gasteiger partial charge >= 0.3 is 0 Å². The second kappa shape index (κ2) is 6.29. The lowest BCUT2D eigenvalue weighted by Gasteiger charge is -2.55. The largest absolute Gasteiger partial charge is 0.497 e. The summed E-state index contributed by atoms with van der Waals surface area (Å²) < 4.78 is 11.5. The van der Waals surface area contributed by atoms with Crippen LogP contribution in [0.4, 0.5) is 0 Å². The number of rotatable bonds is 5. The van der Waals surface area contributed by atoms with Crippen LogP contribution < -0.4 is 9.47 Å². The van der Waals surface area contributed by atoms with Gasteiger partial charge < -0.3 is 9.47 Å². The highest BCUT2D eigenvalue weighted by atomic mass is 16.5. The first-order valence-electron chi connectivity index (χ1n) is 8.81. The van der Waals surface area contributed by atoms with Gasteiger partial charge in [-0.15, -0.1) is 0 Å². The van der Waals surface area contributed by atoms with Gasteiger partial charge in [0.25, 0.3) is 0 Å². The van der Waals surface area contributed by atoms with E-state index in [0.717, 1.165) is 37.6 Å². The number of benzene rings is 2. The molecule has 0 spiro atoms. The van der Waals surface area contributed by atoms with Crippen molar-refractivity contribution in [3.05, 3.63) is 36.4 Å². The normalized spacial score (nSPS) is 17.5. The van der Waals surface area contributed by atoms with E-state index in [4.69, 9.17) is 9.47 Å². The van der Waals surface area contributed by atoms with Crippen molar-refractivity contribution in [3.8, 4) is 11.5 Å². The molecule has 0 amide bonds. The third-order valence-corrected chi connectivity index (χ3v) is 5.32. The van der Waals surface area contributed by atoms with Gasteiger partial charge in [0.1, 0.15) is 11.5 Å². The molecule has 1 fully saturated rings. The van der Waals surface area contributed by atoms with Gasteiger partial charge in [0.05, 0.1) is 13.7 Å². The fourth-order valence-corrected chi connectivity index (χ4v) is 3.31. The van der Waals surface area contributed by atoms with Crippen LogP contribution in [0.15, 0.2) is 36.4 Å². The van der Waals surface area contributed by atoms with Crippen LogP contribution in [0.3, 0.4) is 0 Å². The molecule has 0 saturated carbocycles. The standard InChI is InChI=1S/C21H29NO2/c1-6-21(13-22(14-21)20(2,3)4)15-24-19-10-8-16-11-18(23-5)9-7-17(16)12-19/h7-12H,6,13-15H2,1-5H3. The molecule has 24 heavy (non-hydrogen) atoms.